The van der Waals surface area contributed by atoms with Crippen molar-refractivity contribution in [3.05, 3.63) is 0 Å². The Kier molecular flexibility index (Phi) is 9.93. The van der Waals surface area contributed by atoms with Crippen molar-refractivity contribution in [1.82, 2.24) is 0 Å². The van der Waals surface area contributed by atoms with Crippen LogP contribution in [-0.4, -0.2) is 34.1 Å². The molecule has 7 heteroatoms. The van der Waals surface area contributed by atoms with Crippen LogP contribution < -0.4 is 0 Å². The van der Waals surface area contributed by atoms with E-state index >= 15 is 0 Å². The van der Waals surface area contributed by atoms with Gasteiger partial charge in [-0.05, 0) is 0 Å². The van der Waals surface area contributed by atoms with Crippen molar-refractivity contribution < 1.29 is 34.1 Å². The van der Waals surface area contributed by atoms with Gasteiger partial charge in [-0.25, -0.2) is 0 Å². The van der Waals surface area contributed by atoms with E-state index in [0.717, 1.165) is 6.92 Å². The minimum atomic E-state index is -1.09. The molecule has 0 amide bonds. The van der Waals surface area contributed by atoms with Crippen molar-refractivity contribution in [2.45, 2.75) is 33.1 Å². The summed E-state index contributed by atoms with van der Waals surface area (Å²) in [5.41, 5.74) is 0. The highest BCUT2D eigenvalue weighted by molar-refractivity contribution is 5.85. The lowest BCUT2D eigenvalue weighted by Crippen LogP contribution is -2.10. The lowest BCUT2D eigenvalue weighted by atomic mass is 10.3. The van der Waals surface area contributed by atoms with E-state index in [1.165, 1.54) is 0 Å². The van der Waals surface area contributed by atoms with E-state index in [1.54, 1.807) is 6.92 Å². The van der Waals surface area contributed by atoms with Crippen LogP contribution in [0.4, 0.5) is 0 Å². The van der Waals surface area contributed by atoms with Gasteiger partial charge < -0.3 is 14.9 Å². The molecule has 0 spiro atoms. The fourth-order valence-electron chi connectivity index (χ4n) is 0.420. The summed E-state index contributed by atoms with van der Waals surface area (Å²) in [6.07, 6.45) is -0.360. The average Bonchev–Trinajstić information content (AvgIpc) is 2.14. The van der Waals surface area contributed by atoms with Gasteiger partial charge in [0.2, 0.25) is 0 Å². The van der Waals surface area contributed by atoms with Crippen LogP contribution in [0.25, 0.3) is 0 Å². The summed E-state index contributed by atoms with van der Waals surface area (Å²) in [5.74, 6) is -3.37. The molecule has 0 saturated heterocycles. The van der Waals surface area contributed by atoms with Gasteiger partial charge in [-0.2, -0.15) is 0 Å². The maximum absolute atomic E-state index is 10.5. The van der Waals surface area contributed by atoms with Crippen LogP contribution >= 0.6 is 0 Å². The van der Waals surface area contributed by atoms with Crippen molar-refractivity contribution in [2.24, 2.45) is 0 Å². The molecule has 92 valence electrons. The van der Waals surface area contributed by atoms with E-state index in [-0.39, 0.29) is 19.3 Å². The summed E-state index contributed by atoms with van der Waals surface area (Å²) in [7, 11) is 0. The number of ether oxygens (including phenoxy) is 1. The SMILES string of the molecule is CC(=O)OC(=O)CCC(=O)O.CCC(=O)O. The Balaban J connectivity index is 0. The first kappa shape index (κ1) is 16.5. The Hall–Kier alpha value is -1.92. The zero-order valence-corrected chi connectivity index (χ0v) is 9.06. The molecule has 0 aromatic carbocycles. The summed E-state index contributed by atoms with van der Waals surface area (Å²) < 4.78 is 4.06. The number of hydrogen-bond acceptors (Lipinski definition) is 5. The highest BCUT2D eigenvalue weighted by atomic mass is 16.6. The molecular formula is C9H14O7. The van der Waals surface area contributed by atoms with E-state index in [4.69, 9.17) is 10.2 Å². The molecular weight excluding hydrogens is 220 g/mol. The van der Waals surface area contributed by atoms with E-state index in [9.17, 15) is 19.2 Å². The van der Waals surface area contributed by atoms with Gasteiger partial charge in [0, 0.05) is 13.3 Å². The Bertz CT molecular complexity index is 269. The minimum absolute atomic E-state index is 0.222. The maximum Gasteiger partial charge on any atom is 0.314 e. The number of aliphatic carboxylic acids is 2. The first-order valence-electron chi connectivity index (χ1n) is 4.44. The third kappa shape index (κ3) is 18.0. The number of hydrogen-bond donors (Lipinski definition) is 2. The molecule has 0 aliphatic carbocycles. The number of carboxylic acid groups (broad SMARTS) is 2. The molecule has 0 rings (SSSR count). The minimum Gasteiger partial charge on any atom is -0.481 e. The predicted octanol–water partition coefficient (Wildman–Crippen LogP) is 0.422. The smallest absolute Gasteiger partial charge is 0.314 e. The summed E-state index contributed by atoms with van der Waals surface area (Å²) in [4.78, 5) is 39.8. The lowest BCUT2D eigenvalue weighted by molar-refractivity contribution is -0.159. The molecule has 2 N–H and O–H groups in total. The molecule has 16 heavy (non-hydrogen) atoms. The van der Waals surface area contributed by atoms with Gasteiger partial charge in [0.25, 0.3) is 0 Å². The second-order valence-corrected chi connectivity index (χ2v) is 2.61. The fraction of sp³-hybridized carbons (Fsp3) is 0.556. The van der Waals surface area contributed by atoms with Crippen LogP contribution in [0, 0.1) is 0 Å². The van der Waals surface area contributed by atoms with Crippen LogP contribution in [0.2, 0.25) is 0 Å². The van der Waals surface area contributed by atoms with Crippen LogP contribution in [-0.2, 0) is 23.9 Å². The summed E-state index contributed by atoms with van der Waals surface area (Å²) in [5, 5.41) is 15.8. The van der Waals surface area contributed by atoms with Crippen molar-refractivity contribution in [3.63, 3.8) is 0 Å². The summed E-state index contributed by atoms with van der Waals surface area (Å²) in [6.45, 7) is 2.68. The second kappa shape index (κ2) is 9.63. The quantitative estimate of drug-likeness (QED) is 0.534. The van der Waals surface area contributed by atoms with E-state index in [2.05, 4.69) is 4.74 Å². The Morgan fingerprint density at radius 1 is 1.00 bits per heavy atom. The van der Waals surface area contributed by atoms with Gasteiger partial charge in [0.15, 0.2) is 0 Å². The molecule has 0 saturated carbocycles. The van der Waals surface area contributed by atoms with Crippen molar-refractivity contribution >= 4 is 23.9 Å². The van der Waals surface area contributed by atoms with Crippen molar-refractivity contribution in [1.29, 1.82) is 0 Å². The van der Waals surface area contributed by atoms with Crippen LogP contribution in [0.1, 0.15) is 33.1 Å². The number of rotatable bonds is 4. The molecule has 0 atom stereocenters. The third-order valence-corrected chi connectivity index (χ3v) is 1.10. The molecule has 7 nitrogen and oxygen atoms in total. The first-order chi connectivity index (χ1) is 7.29. The number of carbonyl (C=O) groups is 4. The highest BCUT2D eigenvalue weighted by Gasteiger charge is 2.07. The molecule has 0 aromatic heterocycles. The summed E-state index contributed by atoms with van der Waals surface area (Å²) in [6, 6.07) is 0. The zero-order valence-electron chi connectivity index (χ0n) is 9.06. The molecule has 0 fully saturated rings. The Labute approximate surface area is 92.0 Å². The first-order valence-corrected chi connectivity index (χ1v) is 4.44. The van der Waals surface area contributed by atoms with Gasteiger partial charge >= 0.3 is 23.9 Å². The van der Waals surface area contributed by atoms with E-state index < -0.39 is 23.9 Å². The normalized spacial score (nSPS) is 8.38. The molecule has 0 radical (unpaired) electrons. The maximum atomic E-state index is 10.5. The van der Waals surface area contributed by atoms with E-state index in [1.807, 2.05) is 0 Å². The number of carboxylic acids is 2. The molecule has 0 aromatic rings. The highest BCUT2D eigenvalue weighted by Crippen LogP contribution is 1.92. The topological polar surface area (TPSA) is 118 Å². The molecule has 0 aliphatic rings. The lowest BCUT2D eigenvalue weighted by Gasteiger charge is -1.95. The predicted molar refractivity (Wildman–Crippen MR) is 51.6 cm³/mol. The summed E-state index contributed by atoms with van der Waals surface area (Å²) >= 11 is 0. The number of esters is 2. The Morgan fingerprint density at radius 3 is 1.69 bits per heavy atom. The van der Waals surface area contributed by atoms with Crippen molar-refractivity contribution in [2.75, 3.05) is 0 Å². The van der Waals surface area contributed by atoms with Gasteiger partial charge in [-0.3, -0.25) is 19.2 Å². The average molecular weight is 234 g/mol. The van der Waals surface area contributed by atoms with Gasteiger partial charge in [0.1, 0.15) is 0 Å². The zero-order chi connectivity index (χ0) is 13.1. The standard InChI is InChI=1S/C6H8O5.C3H6O2/c1-4(7)11-6(10)3-2-5(8)9;1-2-3(4)5/h2-3H2,1H3,(H,8,9);2H2,1H3,(H,4,5). The van der Waals surface area contributed by atoms with Crippen molar-refractivity contribution in [3.8, 4) is 0 Å². The molecule has 0 unspecified atom stereocenters. The largest absolute Gasteiger partial charge is 0.481 e. The van der Waals surface area contributed by atoms with Crippen LogP contribution in [0.5, 0.6) is 0 Å². The van der Waals surface area contributed by atoms with E-state index in [0.29, 0.717) is 0 Å². The van der Waals surface area contributed by atoms with Gasteiger partial charge in [-0.15, -0.1) is 0 Å². The second-order valence-electron chi connectivity index (χ2n) is 2.61. The van der Waals surface area contributed by atoms with Crippen LogP contribution in [0.3, 0.4) is 0 Å². The Morgan fingerprint density at radius 2 is 1.44 bits per heavy atom. The fourth-order valence-corrected chi connectivity index (χ4v) is 0.420. The number of carbonyl (C=O) groups excluding carboxylic acids is 2. The van der Waals surface area contributed by atoms with Gasteiger partial charge in [-0.1, -0.05) is 6.92 Å². The van der Waals surface area contributed by atoms with Crippen LogP contribution in [0.15, 0.2) is 0 Å². The molecule has 0 heterocycles. The monoisotopic (exact) mass is 234 g/mol. The molecule has 0 bridgehead atoms. The molecule has 0 aliphatic heterocycles. The van der Waals surface area contributed by atoms with Gasteiger partial charge in [0.05, 0.1) is 12.8 Å². The third-order valence-electron chi connectivity index (χ3n) is 1.10.